The molecule has 2 aromatic rings. The minimum atomic E-state index is -0.501. The molecule has 1 heterocycles. The fourth-order valence-corrected chi connectivity index (χ4v) is 1.39. The second kappa shape index (κ2) is 4.56. The van der Waals surface area contributed by atoms with Gasteiger partial charge in [0.15, 0.2) is 5.76 Å². The predicted octanol–water partition coefficient (Wildman–Crippen LogP) is 0.968. The van der Waals surface area contributed by atoms with Crippen molar-refractivity contribution < 1.29 is 9.32 Å². The summed E-state index contributed by atoms with van der Waals surface area (Å²) in [7, 11) is 0. The van der Waals surface area contributed by atoms with Gasteiger partial charge in [-0.3, -0.25) is 4.79 Å². The zero-order valence-corrected chi connectivity index (χ0v) is 9.01. The number of primary amides is 1. The molecule has 0 aliphatic rings. The first-order valence-electron chi connectivity index (χ1n) is 4.99. The number of carbonyl (C=O) groups is 1. The number of hydrogen-bond donors (Lipinski definition) is 3. The Kier molecular flexibility index (Phi) is 2.95. The van der Waals surface area contributed by atoms with E-state index >= 15 is 0 Å². The minimum absolute atomic E-state index is 0.382. The molecular weight excluding hydrogens is 220 g/mol. The highest BCUT2D eigenvalue weighted by Crippen LogP contribution is 2.20. The van der Waals surface area contributed by atoms with Crippen LogP contribution in [0.4, 0.5) is 11.4 Å². The third kappa shape index (κ3) is 2.54. The Labute approximate surface area is 97.6 Å². The van der Waals surface area contributed by atoms with Crippen LogP contribution in [0.15, 0.2) is 35.0 Å². The van der Waals surface area contributed by atoms with Crippen molar-refractivity contribution in [2.75, 3.05) is 11.1 Å². The molecule has 0 bridgehead atoms. The highest BCUT2D eigenvalue weighted by Gasteiger charge is 2.05. The Morgan fingerprint density at radius 2 is 2.24 bits per heavy atom. The summed E-state index contributed by atoms with van der Waals surface area (Å²) in [5.74, 6) is 0.196. The van der Waals surface area contributed by atoms with E-state index in [1.807, 2.05) is 0 Å². The van der Waals surface area contributed by atoms with E-state index in [2.05, 4.69) is 10.5 Å². The highest BCUT2D eigenvalue weighted by molar-refractivity contribution is 5.94. The maximum Gasteiger partial charge on any atom is 0.248 e. The van der Waals surface area contributed by atoms with Gasteiger partial charge in [-0.2, -0.15) is 0 Å². The van der Waals surface area contributed by atoms with Crippen molar-refractivity contribution in [2.24, 2.45) is 5.73 Å². The lowest BCUT2D eigenvalue weighted by Gasteiger charge is -2.08. The molecule has 0 fully saturated rings. The van der Waals surface area contributed by atoms with Crippen molar-refractivity contribution >= 4 is 17.3 Å². The predicted molar refractivity (Wildman–Crippen MR) is 63.2 cm³/mol. The molecule has 0 saturated heterocycles. The van der Waals surface area contributed by atoms with Crippen molar-refractivity contribution in [3.05, 3.63) is 41.8 Å². The van der Waals surface area contributed by atoms with Crippen molar-refractivity contribution in [2.45, 2.75) is 6.54 Å². The summed E-state index contributed by atoms with van der Waals surface area (Å²) in [6.45, 7) is 0.472. The van der Waals surface area contributed by atoms with Crippen molar-refractivity contribution in [1.29, 1.82) is 0 Å². The van der Waals surface area contributed by atoms with Crippen LogP contribution in [-0.2, 0) is 6.54 Å². The minimum Gasteiger partial charge on any atom is -0.397 e. The maximum absolute atomic E-state index is 10.9. The van der Waals surface area contributed by atoms with Crippen LogP contribution in [0.5, 0.6) is 0 Å². The maximum atomic E-state index is 10.9. The Bertz CT molecular complexity index is 522. The normalized spacial score (nSPS) is 10.1. The van der Waals surface area contributed by atoms with Crippen LogP contribution < -0.4 is 16.8 Å². The lowest BCUT2D eigenvalue weighted by molar-refractivity contribution is 0.100. The third-order valence-electron chi connectivity index (χ3n) is 2.28. The van der Waals surface area contributed by atoms with Gasteiger partial charge in [0.25, 0.3) is 0 Å². The smallest absolute Gasteiger partial charge is 0.248 e. The summed E-state index contributed by atoms with van der Waals surface area (Å²) in [4.78, 5) is 10.9. The van der Waals surface area contributed by atoms with Gasteiger partial charge in [-0.25, -0.2) is 0 Å². The lowest BCUT2D eigenvalue weighted by Crippen LogP contribution is -2.12. The van der Waals surface area contributed by atoms with E-state index in [0.717, 1.165) is 0 Å². The molecule has 0 aliphatic carbocycles. The quantitative estimate of drug-likeness (QED) is 0.681. The van der Waals surface area contributed by atoms with E-state index in [1.165, 1.54) is 6.07 Å². The summed E-state index contributed by atoms with van der Waals surface area (Å²) in [5.41, 5.74) is 12.5. The number of hydrogen-bond acceptors (Lipinski definition) is 5. The topological polar surface area (TPSA) is 107 Å². The zero-order chi connectivity index (χ0) is 12.3. The first-order valence-corrected chi connectivity index (χ1v) is 4.99. The molecule has 0 saturated carbocycles. The molecule has 5 N–H and O–H groups in total. The van der Waals surface area contributed by atoms with Gasteiger partial charge in [-0.15, -0.1) is 0 Å². The van der Waals surface area contributed by atoms with Gasteiger partial charge in [0, 0.05) is 11.6 Å². The number of nitrogens with zero attached hydrogens (tertiary/aromatic N) is 1. The molecule has 88 valence electrons. The molecule has 1 aromatic carbocycles. The first-order chi connectivity index (χ1) is 8.16. The molecule has 0 radical (unpaired) electrons. The Morgan fingerprint density at radius 1 is 1.41 bits per heavy atom. The van der Waals surface area contributed by atoms with Gasteiger partial charge in [0.2, 0.25) is 5.91 Å². The van der Waals surface area contributed by atoms with Crippen LogP contribution in [0, 0.1) is 0 Å². The molecule has 0 aliphatic heterocycles. The third-order valence-corrected chi connectivity index (χ3v) is 2.28. The van der Waals surface area contributed by atoms with Crippen LogP contribution in [0.2, 0.25) is 0 Å². The molecule has 0 atom stereocenters. The number of nitrogens with one attached hydrogen (secondary N) is 1. The van der Waals surface area contributed by atoms with E-state index < -0.39 is 5.91 Å². The van der Waals surface area contributed by atoms with E-state index in [9.17, 15) is 4.79 Å². The summed E-state index contributed by atoms with van der Waals surface area (Å²) in [6.07, 6.45) is 1.57. The molecule has 1 amide bonds. The summed E-state index contributed by atoms with van der Waals surface area (Å²) in [5, 5.41) is 6.66. The fraction of sp³-hybridized carbons (Fsp3) is 0.0909. The SMILES string of the molecule is NC(=O)c1ccc(NCc2ccno2)c(N)c1. The largest absolute Gasteiger partial charge is 0.397 e. The molecular formula is C11H12N4O2. The molecule has 17 heavy (non-hydrogen) atoms. The molecule has 0 spiro atoms. The Hall–Kier alpha value is -2.50. The second-order valence-electron chi connectivity index (χ2n) is 3.50. The average Bonchev–Trinajstić information content (AvgIpc) is 2.80. The summed E-state index contributed by atoms with van der Waals surface area (Å²) >= 11 is 0. The van der Waals surface area contributed by atoms with Crippen molar-refractivity contribution in [3.63, 3.8) is 0 Å². The van der Waals surface area contributed by atoms with E-state index in [-0.39, 0.29) is 0 Å². The molecule has 2 rings (SSSR count). The van der Waals surface area contributed by atoms with E-state index in [4.69, 9.17) is 16.0 Å². The molecule has 6 nitrogen and oxygen atoms in total. The number of anilines is 2. The second-order valence-corrected chi connectivity index (χ2v) is 3.50. The van der Waals surface area contributed by atoms with Crippen molar-refractivity contribution in [1.82, 2.24) is 5.16 Å². The fourth-order valence-electron chi connectivity index (χ4n) is 1.39. The number of benzene rings is 1. The van der Waals surface area contributed by atoms with Crippen LogP contribution in [-0.4, -0.2) is 11.1 Å². The van der Waals surface area contributed by atoms with Gasteiger partial charge >= 0.3 is 0 Å². The number of rotatable bonds is 4. The number of aromatic nitrogens is 1. The molecule has 0 unspecified atom stereocenters. The van der Waals surface area contributed by atoms with Crippen LogP contribution >= 0.6 is 0 Å². The highest BCUT2D eigenvalue weighted by atomic mass is 16.5. The van der Waals surface area contributed by atoms with Gasteiger partial charge in [0.1, 0.15) is 0 Å². The summed E-state index contributed by atoms with van der Waals surface area (Å²) in [6, 6.07) is 6.60. The first kappa shape index (κ1) is 11.0. The Balaban J connectivity index is 2.09. The van der Waals surface area contributed by atoms with Gasteiger partial charge < -0.3 is 21.3 Å². The monoisotopic (exact) mass is 232 g/mol. The van der Waals surface area contributed by atoms with E-state index in [0.29, 0.717) is 29.2 Å². The lowest BCUT2D eigenvalue weighted by atomic mass is 10.1. The Morgan fingerprint density at radius 3 is 2.82 bits per heavy atom. The van der Waals surface area contributed by atoms with Crippen molar-refractivity contribution in [3.8, 4) is 0 Å². The van der Waals surface area contributed by atoms with Gasteiger partial charge in [0.05, 0.1) is 24.1 Å². The standard InChI is InChI=1S/C11H12N4O2/c12-9-5-7(11(13)16)1-2-10(9)14-6-8-3-4-15-17-8/h1-5,14H,6,12H2,(H2,13,16). The average molecular weight is 232 g/mol. The number of amides is 1. The number of carbonyl (C=O) groups excluding carboxylic acids is 1. The van der Waals surface area contributed by atoms with Crippen LogP contribution in [0.25, 0.3) is 0 Å². The van der Waals surface area contributed by atoms with Gasteiger partial charge in [-0.05, 0) is 18.2 Å². The zero-order valence-electron chi connectivity index (χ0n) is 9.01. The van der Waals surface area contributed by atoms with Crippen LogP contribution in [0.1, 0.15) is 16.1 Å². The molecule has 6 heteroatoms. The summed E-state index contributed by atoms with van der Waals surface area (Å²) < 4.78 is 4.93. The van der Waals surface area contributed by atoms with Gasteiger partial charge in [-0.1, -0.05) is 5.16 Å². The number of nitrogens with two attached hydrogens (primary N) is 2. The molecule has 1 aromatic heterocycles. The van der Waals surface area contributed by atoms with Crippen LogP contribution in [0.3, 0.4) is 0 Å². The number of nitrogen functional groups attached to an aromatic ring is 1. The van der Waals surface area contributed by atoms with E-state index in [1.54, 1.807) is 24.4 Å².